The smallest absolute Gasteiger partial charge is 0.331 e. The van der Waals surface area contributed by atoms with Gasteiger partial charge in [0.1, 0.15) is 5.60 Å². The van der Waals surface area contributed by atoms with E-state index in [1.165, 1.54) is 25.3 Å². The monoisotopic (exact) mass is 297 g/mol. The standard InChI is InChI=1S/C14H19NO4S/c1-14(2,3)19-13(16)10-7-11-5-8-12(9-6-11)20(17,18)15-4/h5-10,15H,1-4H3/b10-7+. The Kier molecular flexibility index (Phi) is 5.08. The van der Waals surface area contributed by atoms with Crippen LogP contribution in [0.3, 0.4) is 0 Å². The highest BCUT2D eigenvalue weighted by Crippen LogP contribution is 2.12. The van der Waals surface area contributed by atoms with Crippen LogP contribution in [0.25, 0.3) is 6.08 Å². The van der Waals surface area contributed by atoms with E-state index in [9.17, 15) is 13.2 Å². The molecule has 0 saturated carbocycles. The van der Waals surface area contributed by atoms with Crippen LogP contribution in [0.15, 0.2) is 35.2 Å². The molecule has 0 heterocycles. The molecule has 0 aromatic heterocycles. The Morgan fingerprint density at radius 3 is 2.20 bits per heavy atom. The quantitative estimate of drug-likeness (QED) is 0.681. The Morgan fingerprint density at radius 1 is 1.20 bits per heavy atom. The predicted octanol–water partition coefficient (Wildman–Crippen LogP) is 1.95. The van der Waals surface area contributed by atoms with Gasteiger partial charge in [-0.3, -0.25) is 0 Å². The summed E-state index contributed by atoms with van der Waals surface area (Å²) in [7, 11) is -2.08. The summed E-state index contributed by atoms with van der Waals surface area (Å²) >= 11 is 0. The van der Waals surface area contributed by atoms with Crippen molar-refractivity contribution < 1.29 is 17.9 Å². The van der Waals surface area contributed by atoms with Gasteiger partial charge in [-0.15, -0.1) is 0 Å². The molecule has 0 aliphatic heterocycles. The van der Waals surface area contributed by atoms with Crippen molar-refractivity contribution in [3.63, 3.8) is 0 Å². The molecule has 0 atom stereocenters. The zero-order chi connectivity index (χ0) is 15.4. The van der Waals surface area contributed by atoms with E-state index in [2.05, 4.69) is 4.72 Å². The summed E-state index contributed by atoms with van der Waals surface area (Å²) in [5, 5.41) is 0. The van der Waals surface area contributed by atoms with Crippen molar-refractivity contribution in [3.8, 4) is 0 Å². The third kappa shape index (κ3) is 5.14. The predicted molar refractivity (Wildman–Crippen MR) is 77.6 cm³/mol. The summed E-state index contributed by atoms with van der Waals surface area (Å²) in [6, 6.07) is 6.18. The second-order valence-electron chi connectivity index (χ2n) is 5.14. The Hall–Kier alpha value is -1.66. The lowest BCUT2D eigenvalue weighted by molar-refractivity contribution is -0.148. The van der Waals surface area contributed by atoms with Gasteiger partial charge in [-0.1, -0.05) is 12.1 Å². The minimum Gasteiger partial charge on any atom is -0.457 e. The molecule has 20 heavy (non-hydrogen) atoms. The minimum absolute atomic E-state index is 0.175. The van der Waals surface area contributed by atoms with Crippen LogP contribution in [0.5, 0.6) is 0 Å². The van der Waals surface area contributed by atoms with Crippen LogP contribution in [0.1, 0.15) is 26.3 Å². The highest BCUT2D eigenvalue weighted by atomic mass is 32.2. The van der Waals surface area contributed by atoms with Crippen molar-refractivity contribution >= 4 is 22.1 Å². The van der Waals surface area contributed by atoms with Gasteiger partial charge in [0.15, 0.2) is 0 Å². The maximum absolute atomic E-state index is 11.5. The number of hydrogen-bond donors (Lipinski definition) is 1. The average Bonchev–Trinajstić information content (AvgIpc) is 2.35. The van der Waals surface area contributed by atoms with E-state index >= 15 is 0 Å². The van der Waals surface area contributed by atoms with E-state index in [0.717, 1.165) is 0 Å². The zero-order valence-corrected chi connectivity index (χ0v) is 12.8. The molecule has 1 N–H and O–H groups in total. The lowest BCUT2D eigenvalue weighted by Gasteiger charge is -2.17. The van der Waals surface area contributed by atoms with E-state index in [1.807, 2.05) is 0 Å². The van der Waals surface area contributed by atoms with Gasteiger partial charge >= 0.3 is 5.97 Å². The average molecular weight is 297 g/mol. The molecular weight excluding hydrogens is 278 g/mol. The van der Waals surface area contributed by atoms with Crippen LogP contribution >= 0.6 is 0 Å². The maximum atomic E-state index is 11.5. The van der Waals surface area contributed by atoms with Crippen LogP contribution in [-0.2, 0) is 19.6 Å². The fourth-order valence-corrected chi connectivity index (χ4v) is 2.11. The van der Waals surface area contributed by atoms with Crippen molar-refractivity contribution in [3.05, 3.63) is 35.9 Å². The molecule has 1 aromatic carbocycles. The summed E-state index contributed by atoms with van der Waals surface area (Å²) < 4.78 is 30.4. The number of ether oxygens (including phenoxy) is 1. The van der Waals surface area contributed by atoms with Gasteiger partial charge in [-0.05, 0) is 51.6 Å². The van der Waals surface area contributed by atoms with Gasteiger partial charge in [0.2, 0.25) is 10.0 Å². The highest BCUT2D eigenvalue weighted by molar-refractivity contribution is 7.89. The van der Waals surface area contributed by atoms with Crippen LogP contribution in [0.2, 0.25) is 0 Å². The number of nitrogens with one attached hydrogen (secondary N) is 1. The lowest BCUT2D eigenvalue weighted by Crippen LogP contribution is -2.22. The molecule has 0 spiro atoms. The first-order chi connectivity index (χ1) is 9.14. The maximum Gasteiger partial charge on any atom is 0.331 e. The molecule has 0 amide bonds. The van der Waals surface area contributed by atoms with Gasteiger partial charge in [-0.25, -0.2) is 17.9 Å². The first-order valence-corrected chi connectivity index (χ1v) is 7.57. The summed E-state index contributed by atoms with van der Waals surface area (Å²) in [6.07, 6.45) is 2.89. The number of carbonyl (C=O) groups is 1. The van der Waals surface area contributed by atoms with Crippen LogP contribution in [-0.4, -0.2) is 27.0 Å². The van der Waals surface area contributed by atoms with Crippen molar-refractivity contribution in [2.45, 2.75) is 31.3 Å². The van der Waals surface area contributed by atoms with Crippen molar-refractivity contribution in [1.82, 2.24) is 4.72 Å². The number of esters is 1. The third-order valence-electron chi connectivity index (χ3n) is 2.28. The largest absolute Gasteiger partial charge is 0.457 e. The summed E-state index contributed by atoms with van der Waals surface area (Å²) in [6.45, 7) is 5.36. The van der Waals surface area contributed by atoms with Gasteiger partial charge < -0.3 is 4.74 Å². The Bertz CT molecular complexity index is 595. The number of rotatable bonds is 4. The third-order valence-corrected chi connectivity index (χ3v) is 3.71. The first-order valence-electron chi connectivity index (χ1n) is 6.09. The van der Waals surface area contributed by atoms with E-state index in [4.69, 9.17) is 4.74 Å². The number of sulfonamides is 1. The molecule has 0 fully saturated rings. The summed E-state index contributed by atoms with van der Waals surface area (Å²) in [5.74, 6) is -0.440. The normalized spacial score (nSPS) is 12.6. The Balaban J connectivity index is 2.78. The number of benzene rings is 1. The fraction of sp³-hybridized carbons (Fsp3) is 0.357. The van der Waals surface area contributed by atoms with E-state index < -0.39 is 21.6 Å². The van der Waals surface area contributed by atoms with Crippen LogP contribution in [0.4, 0.5) is 0 Å². The Morgan fingerprint density at radius 2 is 1.75 bits per heavy atom. The number of carbonyl (C=O) groups excluding carboxylic acids is 1. The van der Waals surface area contributed by atoms with E-state index in [-0.39, 0.29) is 4.90 Å². The molecule has 1 aromatic rings. The summed E-state index contributed by atoms with van der Waals surface area (Å²) in [4.78, 5) is 11.7. The van der Waals surface area contributed by atoms with Crippen molar-refractivity contribution in [2.24, 2.45) is 0 Å². The lowest BCUT2D eigenvalue weighted by atomic mass is 10.2. The fourth-order valence-electron chi connectivity index (χ4n) is 1.38. The highest BCUT2D eigenvalue weighted by Gasteiger charge is 2.14. The van der Waals surface area contributed by atoms with Crippen molar-refractivity contribution in [1.29, 1.82) is 0 Å². The molecule has 5 nitrogen and oxygen atoms in total. The van der Waals surface area contributed by atoms with Crippen LogP contribution in [0, 0.1) is 0 Å². The SMILES string of the molecule is CNS(=O)(=O)c1ccc(/C=C/C(=O)OC(C)(C)C)cc1. The minimum atomic E-state index is -3.44. The topological polar surface area (TPSA) is 72.5 Å². The van der Waals surface area contributed by atoms with Gasteiger partial charge in [-0.2, -0.15) is 0 Å². The molecule has 0 aliphatic rings. The molecule has 0 unspecified atom stereocenters. The van der Waals surface area contributed by atoms with Crippen molar-refractivity contribution in [2.75, 3.05) is 7.05 Å². The molecule has 6 heteroatoms. The molecule has 1 rings (SSSR count). The molecular formula is C14H19NO4S. The van der Waals surface area contributed by atoms with Gasteiger partial charge in [0.05, 0.1) is 4.90 Å². The molecule has 110 valence electrons. The zero-order valence-electron chi connectivity index (χ0n) is 12.0. The van der Waals surface area contributed by atoms with Crippen LogP contribution < -0.4 is 4.72 Å². The number of hydrogen-bond acceptors (Lipinski definition) is 4. The first kappa shape index (κ1) is 16.4. The van der Waals surface area contributed by atoms with E-state index in [1.54, 1.807) is 39.0 Å². The molecule has 0 aliphatic carbocycles. The second kappa shape index (κ2) is 6.19. The second-order valence-corrected chi connectivity index (χ2v) is 7.03. The van der Waals surface area contributed by atoms with Gasteiger partial charge in [0.25, 0.3) is 0 Å². The van der Waals surface area contributed by atoms with E-state index in [0.29, 0.717) is 5.56 Å². The molecule has 0 saturated heterocycles. The van der Waals surface area contributed by atoms with Gasteiger partial charge in [0, 0.05) is 6.08 Å². The molecule has 0 bridgehead atoms. The summed E-state index contributed by atoms with van der Waals surface area (Å²) in [5.41, 5.74) is 0.178. The molecule has 0 radical (unpaired) electrons. The Labute approximate surface area is 119 Å².